The molecule has 2 heterocycles. The number of hydrogen-bond acceptors (Lipinski definition) is 5. The lowest BCUT2D eigenvalue weighted by Crippen LogP contribution is -2.39. The maximum atomic E-state index is 12.5. The summed E-state index contributed by atoms with van der Waals surface area (Å²) in [5.41, 5.74) is 2.84. The van der Waals surface area contributed by atoms with Crippen LogP contribution in [0.25, 0.3) is 0 Å². The molecule has 3 rings (SSSR count). The average Bonchev–Trinajstić information content (AvgIpc) is 2.86. The summed E-state index contributed by atoms with van der Waals surface area (Å²) in [6.07, 6.45) is 0. The number of hydrogen-bond donors (Lipinski definition) is 0. The number of ether oxygens (including phenoxy) is 1. The Labute approximate surface area is 133 Å². The van der Waals surface area contributed by atoms with Gasteiger partial charge in [-0.1, -0.05) is 17.3 Å². The van der Waals surface area contributed by atoms with Crippen LogP contribution in [0.4, 0.5) is 5.69 Å². The third kappa shape index (κ3) is 2.97. The van der Waals surface area contributed by atoms with E-state index in [-0.39, 0.29) is 5.91 Å². The second-order valence-electron chi connectivity index (χ2n) is 5.16. The van der Waals surface area contributed by atoms with Gasteiger partial charge in [-0.05, 0) is 26.0 Å². The van der Waals surface area contributed by atoms with E-state index in [4.69, 9.17) is 9.26 Å². The molecule has 0 N–H and O–H groups in total. The normalized spacial score (nSPS) is 13.6. The van der Waals surface area contributed by atoms with Crippen LogP contribution in [-0.4, -0.2) is 30.0 Å². The predicted molar refractivity (Wildman–Crippen MR) is 86.4 cm³/mol. The highest BCUT2D eigenvalue weighted by atomic mass is 32.2. The van der Waals surface area contributed by atoms with Crippen molar-refractivity contribution in [1.29, 1.82) is 0 Å². The molecule has 1 amide bonds. The summed E-state index contributed by atoms with van der Waals surface area (Å²) in [6.45, 7) is 4.96. The van der Waals surface area contributed by atoms with E-state index >= 15 is 0 Å². The van der Waals surface area contributed by atoms with Gasteiger partial charge in [0, 0.05) is 11.3 Å². The number of benzene rings is 1. The van der Waals surface area contributed by atoms with Gasteiger partial charge in [-0.25, -0.2) is 0 Å². The highest BCUT2D eigenvalue weighted by molar-refractivity contribution is 7.99. The number of carbonyl (C=O) groups excluding carboxylic acids is 1. The topological polar surface area (TPSA) is 55.6 Å². The highest BCUT2D eigenvalue weighted by Gasteiger charge is 2.23. The molecule has 0 saturated heterocycles. The monoisotopic (exact) mass is 318 g/mol. The lowest BCUT2D eigenvalue weighted by Gasteiger charge is -2.29. The molecule has 0 spiro atoms. The Kier molecular flexibility index (Phi) is 4.38. The van der Waals surface area contributed by atoms with Crippen molar-refractivity contribution in [3.8, 4) is 5.75 Å². The van der Waals surface area contributed by atoms with E-state index in [1.54, 1.807) is 16.7 Å². The molecule has 0 saturated carbocycles. The molecule has 2 aromatic rings. The zero-order valence-corrected chi connectivity index (χ0v) is 13.5. The Bertz CT molecular complexity index is 664. The van der Waals surface area contributed by atoms with Gasteiger partial charge in [-0.15, -0.1) is 11.8 Å². The summed E-state index contributed by atoms with van der Waals surface area (Å²) in [7, 11) is 0. The van der Waals surface area contributed by atoms with Gasteiger partial charge >= 0.3 is 0 Å². The highest BCUT2D eigenvalue weighted by Crippen LogP contribution is 2.31. The number of aryl methyl sites for hydroxylation is 2. The second kappa shape index (κ2) is 6.44. The molecular weight excluding hydrogens is 300 g/mol. The van der Waals surface area contributed by atoms with Crippen LogP contribution in [0, 0.1) is 13.8 Å². The van der Waals surface area contributed by atoms with Crippen LogP contribution >= 0.6 is 11.8 Å². The lowest BCUT2D eigenvalue weighted by atomic mass is 10.2. The number of carbonyl (C=O) groups is 1. The maximum absolute atomic E-state index is 12.5. The van der Waals surface area contributed by atoms with E-state index in [9.17, 15) is 4.79 Å². The molecule has 6 heteroatoms. The standard InChI is InChI=1S/C16H18N2O3S/c1-11-13(12(2)21-17-11)9-22-10-16(19)18-7-8-20-15-6-4-3-5-14(15)18/h3-6H,7-10H2,1-2H3. The maximum Gasteiger partial charge on any atom is 0.237 e. The zero-order chi connectivity index (χ0) is 15.5. The molecule has 0 bridgehead atoms. The molecule has 1 aliphatic heterocycles. The van der Waals surface area contributed by atoms with Crippen molar-refractivity contribution in [2.45, 2.75) is 19.6 Å². The third-order valence-electron chi connectivity index (χ3n) is 3.68. The van der Waals surface area contributed by atoms with Crippen LogP contribution in [0.5, 0.6) is 5.75 Å². The molecule has 1 aromatic heterocycles. The minimum Gasteiger partial charge on any atom is -0.490 e. The molecule has 0 atom stereocenters. The molecule has 0 aliphatic carbocycles. The first-order chi connectivity index (χ1) is 10.7. The van der Waals surface area contributed by atoms with E-state index in [1.807, 2.05) is 38.1 Å². The molecule has 5 nitrogen and oxygen atoms in total. The van der Waals surface area contributed by atoms with Crippen LogP contribution in [-0.2, 0) is 10.5 Å². The fraction of sp³-hybridized carbons (Fsp3) is 0.375. The van der Waals surface area contributed by atoms with Gasteiger partial charge in [0.25, 0.3) is 0 Å². The van der Waals surface area contributed by atoms with E-state index in [0.29, 0.717) is 18.9 Å². The molecule has 22 heavy (non-hydrogen) atoms. The zero-order valence-electron chi connectivity index (χ0n) is 12.7. The van der Waals surface area contributed by atoms with Gasteiger partial charge in [-0.2, -0.15) is 0 Å². The van der Waals surface area contributed by atoms with Gasteiger partial charge < -0.3 is 14.2 Å². The van der Waals surface area contributed by atoms with Gasteiger partial charge in [0.2, 0.25) is 5.91 Å². The van der Waals surface area contributed by atoms with Crippen LogP contribution in [0.2, 0.25) is 0 Å². The number of para-hydroxylation sites is 2. The Hall–Kier alpha value is -1.95. The average molecular weight is 318 g/mol. The fourth-order valence-electron chi connectivity index (χ4n) is 2.45. The predicted octanol–water partition coefficient (Wildman–Crippen LogP) is 2.95. The van der Waals surface area contributed by atoms with Crippen molar-refractivity contribution in [2.75, 3.05) is 23.8 Å². The number of amides is 1. The summed E-state index contributed by atoms with van der Waals surface area (Å²) in [5.74, 6) is 2.87. The number of nitrogens with zero attached hydrogens (tertiary/aromatic N) is 2. The van der Waals surface area contributed by atoms with Crippen molar-refractivity contribution in [1.82, 2.24) is 5.16 Å². The Balaban J connectivity index is 1.61. The second-order valence-corrected chi connectivity index (χ2v) is 6.14. The molecule has 1 aromatic carbocycles. The molecule has 0 radical (unpaired) electrons. The van der Waals surface area contributed by atoms with Crippen molar-refractivity contribution in [3.63, 3.8) is 0 Å². The van der Waals surface area contributed by atoms with Crippen LogP contribution in [0.15, 0.2) is 28.8 Å². The number of aromatic nitrogens is 1. The molecular formula is C16H18N2O3S. The Morgan fingerprint density at radius 3 is 2.95 bits per heavy atom. The summed E-state index contributed by atoms with van der Waals surface area (Å²) >= 11 is 1.58. The van der Waals surface area contributed by atoms with E-state index in [1.165, 1.54) is 0 Å². The minimum atomic E-state index is 0.104. The van der Waals surface area contributed by atoms with Crippen LogP contribution in [0.1, 0.15) is 17.0 Å². The van der Waals surface area contributed by atoms with Crippen LogP contribution in [0.3, 0.4) is 0 Å². The number of thioether (sulfide) groups is 1. The fourth-order valence-corrected chi connectivity index (χ4v) is 3.50. The first kappa shape index (κ1) is 15.0. The van der Waals surface area contributed by atoms with Crippen molar-refractivity contribution in [3.05, 3.63) is 41.3 Å². The van der Waals surface area contributed by atoms with E-state index < -0.39 is 0 Å². The number of fused-ring (bicyclic) bond motifs is 1. The Morgan fingerprint density at radius 1 is 1.36 bits per heavy atom. The lowest BCUT2D eigenvalue weighted by molar-refractivity contribution is -0.116. The smallest absolute Gasteiger partial charge is 0.237 e. The summed E-state index contributed by atoms with van der Waals surface area (Å²) in [5, 5.41) is 3.93. The first-order valence-corrected chi connectivity index (χ1v) is 8.34. The molecule has 1 aliphatic rings. The molecule has 0 fully saturated rings. The van der Waals surface area contributed by atoms with E-state index in [2.05, 4.69) is 5.16 Å². The van der Waals surface area contributed by atoms with Crippen molar-refractivity contribution in [2.24, 2.45) is 0 Å². The quantitative estimate of drug-likeness (QED) is 0.867. The Morgan fingerprint density at radius 2 is 2.18 bits per heavy atom. The minimum absolute atomic E-state index is 0.104. The van der Waals surface area contributed by atoms with Gasteiger partial charge in [0.1, 0.15) is 18.1 Å². The number of rotatable bonds is 4. The third-order valence-corrected chi connectivity index (χ3v) is 4.63. The largest absolute Gasteiger partial charge is 0.490 e. The van der Waals surface area contributed by atoms with Crippen molar-refractivity contribution < 1.29 is 14.1 Å². The SMILES string of the molecule is Cc1noc(C)c1CSCC(=O)N1CCOc2ccccc21. The summed E-state index contributed by atoms with van der Waals surface area (Å²) in [6, 6.07) is 7.65. The summed E-state index contributed by atoms with van der Waals surface area (Å²) in [4.78, 5) is 14.3. The van der Waals surface area contributed by atoms with Gasteiger partial charge in [0.15, 0.2) is 0 Å². The van der Waals surface area contributed by atoms with E-state index in [0.717, 1.165) is 34.2 Å². The van der Waals surface area contributed by atoms with Gasteiger partial charge in [-0.3, -0.25) is 4.79 Å². The summed E-state index contributed by atoms with van der Waals surface area (Å²) < 4.78 is 10.7. The van der Waals surface area contributed by atoms with Gasteiger partial charge in [0.05, 0.1) is 23.7 Å². The number of anilines is 1. The van der Waals surface area contributed by atoms with Crippen molar-refractivity contribution >= 4 is 23.4 Å². The molecule has 0 unspecified atom stereocenters. The molecule has 116 valence electrons. The van der Waals surface area contributed by atoms with Crippen LogP contribution < -0.4 is 9.64 Å². The first-order valence-electron chi connectivity index (χ1n) is 7.18.